The molecule has 3 rings (SSSR count). The summed E-state index contributed by atoms with van der Waals surface area (Å²) in [7, 11) is 1.47. The number of ketones is 1. The fourth-order valence-electron chi connectivity index (χ4n) is 2.12. The molecule has 1 aliphatic heterocycles. The first-order chi connectivity index (χ1) is 10.1. The van der Waals surface area contributed by atoms with Crippen LogP contribution in [0.4, 0.5) is 0 Å². The molecule has 0 spiro atoms. The molecule has 2 aromatic carbocycles. The van der Waals surface area contributed by atoms with Crippen molar-refractivity contribution < 1.29 is 19.4 Å². The smallest absolute Gasteiger partial charge is 0.232 e. The number of methoxy groups -OCH3 is 1. The number of carbonyl (C=O) groups is 1. The summed E-state index contributed by atoms with van der Waals surface area (Å²) in [4.78, 5) is 12.2. The zero-order valence-electron chi connectivity index (χ0n) is 11.1. The van der Waals surface area contributed by atoms with Crippen LogP contribution in [0.15, 0.2) is 42.2 Å². The third-order valence-electron chi connectivity index (χ3n) is 3.15. The van der Waals surface area contributed by atoms with E-state index in [1.165, 1.54) is 13.2 Å². The molecule has 0 aliphatic carbocycles. The lowest BCUT2D eigenvalue weighted by molar-refractivity contribution is 0.101. The zero-order chi connectivity index (χ0) is 15.0. The highest BCUT2D eigenvalue weighted by molar-refractivity contribution is 6.33. The number of aromatic hydroxyl groups is 1. The van der Waals surface area contributed by atoms with Crippen molar-refractivity contribution in [3.8, 4) is 17.2 Å². The lowest BCUT2D eigenvalue weighted by atomic mass is 10.1. The molecule has 0 fully saturated rings. The van der Waals surface area contributed by atoms with E-state index in [1.54, 1.807) is 36.4 Å². The quantitative estimate of drug-likeness (QED) is 0.860. The Morgan fingerprint density at radius 1 is 1.29 bits per heavy atom. The van der Waals surface area contributed by atoms with Crippen molar-refractivity contribution in [2.75, 3.05) is 7.11 Å². The van der Waals surface area contributed by atoms with E-state index in [0.29, 0.717) is 27.6 Å². The minimum atomic E-state index is -0.234. The molecule has 1 aliphatic rings. The molecule has 0 saturated carbocycles. The first-order valence-corrected chi connectivity index (χ1v) is 6.57. The number of benzene rings is 2. The Bertz CT molecular complexity index is 765. The number of hydrogen-bond donors (Lipinski definition) is 1. The van der Waals surface area contributed by atoms with Crippen molar-refractivity contribution >= 4 is 23.5 Å². The van der Waals surface area contributed by atoms with Crippen molar-refractivity contribution in [1.82, 2.24) is 0 Å². The molecule has 0 saturated heterocycles. The molecular weight excluding hydrogens is 292 g/mol. The van der Waals surface area contributed by atoms with Gasteiger partial charge in [0.15, 0.2) is 23.0 Å². The number of hydrogen-bond acceptors (Lipinski definition) is 4. The number of allylic oxidation sites excluding steroid dienone is 1. The van der Waals surface area contributed by atoms with Crippen LogP contribution < -0.4 is 9.47 Å². The largest absolute Gasteiger partial charge is 0.504 e. The van der Waals surface area contributed by atoms with Gasteiger partial charge in [-0.25, -0.2) is 0 Å². The highest BCUT2D eigenvalue weighted by Gasteiger charge is 2.29. The summed E-state index contributed by atoms with van der Waals surface area (Å²) >= 11 is 6.01. The van der Waals surface area contributed by atoms with Crippen molar-refractivity contribution in [3.63, 3.8) is 0 Å². The van der Waals surface area contributed by atoms with Crippen molar-refractivity contribution in [2.45, 2.75) is 0 Å². The zero-order valence-corrected chi connectivity index (χ0v) is 11.8. The first-order valence-electron chi connectivity index (χ1n) is 6.20. The number of carbonyl (C=O) groups excluding carboxylic acids is 1. The van der Waals surface area contributed by atoms with Gasteiger partial charge in [0.2, 0.25) is 5.78 Å². The summed E-state index contributed by atoms with van der Waals surface area (Å²) in [6.07, 6.45) is 1.55. The Labute approximate surface area is 126 Å². The Kier molecular flexibility index (Phi) is 3.31. The maximum absolute atomic E-state index is 12.2. The maximum atomic E-state index is 12.2. The average Bonchev–Trinajstić information content (AvgIpc) is 2.78. The van der Waals surface area contributed by atoms with Gasteiger partial charge in [-0.2, -0.15) is 0 Å². The number of phenols is 1. The molecule has 5 heteroatoms. The van der Waals surface area contributed by atoms with Crippen LogP contribution in [0.5, 0.6) is 17.2 Å². The van der Waals surface area contributed by atoms with E-state index in [9.17, 15) is 9.90 Å². The standard InChI is InChI=1S/C16H11ClO4/c1-20-13-6-5-9(7-12(13)18)8-14-15(19)10-3-2-4-11(17)16(10)21-14/h2-8,18H,1H3/b14-8-. The van der Waals surface area contributed by atoms with Gasteiger partial charge in [0.1, 0.15) is 0 Å². The summed E-state index contributed by atoms with van der Waals surface area (Å²) in [6.45, 7) is 0. The van der Waals surface area contributed by atoms with Crippen LogP contribution in [-0.2, 0) is 0 Å². The Hall–Kier alpha value is -2.46. The molecule has 0 atom stereocenters. The van der Waals surface area contributed by atoms with Crippen molar-refractivity contribution in [2.24, 2.45) is 0 Å². The third kappa shape index (κ3) is 2.34. The molecule has 0 bridgehead atoms. The summed E-state index contributed by atoms with van der Waals surface area (Å²) in [5.41, 5.74) is 1.06. The third-order valence-corrected chi connectivity index (χ3v) is 3.45. The average molecular weight is 303 g/mol. The van der Waals surface area contributed by atoms with E-state index in [0.717, 1.165) is 0 Å². The maximum Gasteiger partial charge on any atom is 0.232 e. The Morgan fingerprint density at radius 2 is 2.10 bits per heavy atom. The molecule has 2 aromatic rings. The van der Waals surface area contributed by atoms with Crippen LogP contribution in [0.1, 0.15) is 15.9 Å². The highest BCUT2D eigenvalue weighted by atomic mass is 35.5. The number of halogens is 1. The molecule has 0 amide bonds. The molecule has 1 heterocycles. The van der Waals surface area contributed by atoms with Crippen LogP contribution in [0.25, 0.3) is 6.08 Å². The van der Waals surface area contributed by atoms with Crippen molar-refractivity contribution in [1.29, 1.82) is 0 Å². The molecule has 21 heavy (non-hydrogen) atoms. The fourth-order valence-corrected chi connectivity index (χ4v) is 2.34. The second kappa shape index (κ2) is 5.14. The normalized spacial score (nSPS) is 15.0. The first kappa shape index (κ1) is 13.5. The van der Waals surface area contributed by atoms with Gasteiger partial charge in [0, 0.05) is 0 Å². The lowest BCUT2D eigenvalue weighted by Crippen LogP contribution is -1.98. The van der Waals surface area contributed by atoms with E-state index >= 15 is 0 Å². The van der Waals surface area contributed by atoms with Gasteiger partial charge in [-0.15, -0.1) is 0 Å². The van der Waals surface area contributed by atoms with Crippen LogP contribution in [-0.4, -0.2) is 18.0 Å². The molecule has 1 N–H and O–H groups in total. The predicted octanol–water partition coefficient (Wildman–Crippen LogP) is 3.67. The summed E-state index contributed by atoms with van der Waals surface area (Å²) < 4.78 is 10.5. The minimum absolute atomic E-state index is 0.00663. The summed E-state index contributed by atoms with van der Waals surface area (Å²) in [5.74, 6) is 0.661. The Morgan fingerprint density at radius 3 is 2.76 bits per heavy atom. The minimum Gasteiger partial charge on any atom is -0.504 e. The molecular formula is C16H11ClO4. The Balaban J connectivity index is 1.98. The number of rotatable bonds is 2. The van der Waals surface area contributed by atoms with Gasteiger partial charge in [0.25, 0.3) is 0 Å². The highest BCUT2D eigenvalue weighted by Crippen LogP contribution is 2.38. The van der Waals surface area contributed by atoms with Gasteiger partial charge in [-0.3, -0.25) is 4.79 Å². The van der Waals surface area contributed by atoms with Crippen LogP contribution in [0.2, 0.25) is 5.02 Å². The van der Waals surface area contributed by atoms with Crippen LogP contribution in [0, 0.1) is 0 Å². The second-order valence-electron chi connectivity index (χ2n) is 4.49. The van der Waals surface area contributed by atoms with Crippen LogP contribution in [0.3, 0.4) is 0 Å². The summed E-state index contributed by atoms with van der Waals surface area (Å²) in [6, 6.07) is 9.84. The second-order valence-corrected chi connectivity index (χ2v) is 4.89. The number of Topliss-reactive ketones (excluding diaryl/α,β-unsaturated/α-hetero) is 1. The van der Waals surface area contributed by atoms with Crippen molar-refractivity contribution in [3.05, 3.63) is 58.3 Å². The van der Waals surface area contributed by atoms with E-state index in [4.69, 9.17) is 21.1 Å². The molecule has 4 nitrogen and oxygen atoms in total. The number of fused-ring (bicyclic) bond motifs is 1. The van der Waals surface area contributed by atoms with E-state index in [2.05, 4.69) is 0 Å². The monoisotopic (exact) mass is 302 g/mol. The van der Waals surface area contributed by atoms with E-state index < -0.39 is 0 Å². The van der Waals surface area contributed by atoms with Gasteiger partial charge >= 0.3 is 0 Å². The topological polar surface area (TPSA) is 55.8 Å². The fraction of sp³-hybridized carbons (Fsp3) is 0.0625. The molecule has 0 aromatic heterocycles. The van der Waals surface area contributed by atoms with Gasteiger partial charge in [-0.1, -0.05) is 23.7 Å². The van der Waals surface area contributed by atoms with Gasteiger partial charge in [0.05, 0.1) is 17.7 Å². The molecule has 106 valence electrons. The van der Waals surface area contributed by atoms with E-state index in [1.807, 2.05) is 0 Å². The van der Waals surface area contributed by atoms with Gasteiger partial charge in [-0.05, 0) is 35.9 Å². The number of ether oxygens (including phenoxy) is 2. The lowest BCUT2D eigenvalue weighted by Gasteiger charge is -2.04. The molecule has 0 radical (unpaired) electrons. The SMILES string of the molecule is COc1ccc(/C=C2\Oc3c(Cl)cccc3C2=O)cc1O. The van der Waals surface area contributed by atoms with E-state index in [-0.39, 0.29) is 17.3 Å². The summed E-state index contributed by atoms with van der Waals surface area (Å²) in [5, 5.41) is 10.1. The van der Waals surface area contributed by atoms with Gasteiger partial charge < -0.3 is 14.6 Å². The molecule has 0 unspecified atom stereocenters. The predicted molar refractivity (Wildman–Crippen MR) is 79.0 cm³/mol. The number of para-hydroxylation sites is 1. The number of phenolic OH excluding ortho intramolecular Hbond substituents is 1. The van der Waals surface area contributed by atoms with Crippen LogP contribution >= 0.6 is 11.6 Å².